The summed E-state index contributed by atoms with van der Waals surface area (Å²) in [6, 6.07) is 8.63. The molecule has 0 aromatic heterocycles. The molecule has 0 radical (unpaired) electrons. The van der Waals surface area contributed by atoms with Gasteiger partial charge in [0.15, 0.2) is 5.78 Å². The molecule has 156 valence electrons. The Hall–Kier alpha value is -3.02. The van der Waals surface area contributed by atoms with Crippen LogP contribution in [0.1, 0.15) is 54.6 Å². The smallest absolute Gasteiger partial charge is 0.166 e. The molecule has 0 aliphatic heterocycles. The molecular weight excluding hydrogens is 368 g/mol. The number of carbonyl (C=O) groups excluding carboxylic acids is 1. The summed E-state index contributed by atoms with van der Waals surface area (Å²) >= 11 is 0. The van der Waals surface area contributed by atoms with Gasteiger partial charge >= 0.3 is 0 Å². The van der Waals surface area contributed by atoms with Gasteiger partial charge in [0.2, 0.25) is 0 Å². The molecule has 0 spiro atoms. The van der Waals surface area contributed by atoms with Crippen LogP contribution in [-0.2, 0) is 0 Å². The molecule has 29 heavy (non-hydrogen) atoms. The first-order valence-electron chi connectivity index (χ1n) is 9.84. The van der Waals surface area contributed by atoms with Crippen LogP contribution in [0.25, 0.3) is 0 Å². The molecule has 0 aliphatic rings. The summed E-state index contributed by atoms with van der Waals surface area (Å²) in [6.45, 7) is 6.71. The first-order chi connectivity index (χ1) is 13.8. The van der Waals surface area contributed by atoms with Gasteiger partial charge in [-0.05, 0) is 56.0 Å². The van der Waals surface area contributed by atoms with Crippen molar-refractivity contribution in [2.24, 2.45) is 5.92 Å². The van der Waals surface area contributed by atoms with Crippen LogP contribution in [0.2, 0.25) is 0 Å². The first kappa shape index (κ1) is 22.3. The van der Waals surface area contributed by atoms with Crippen LogP contribution in [0.4, 0.5) is 5.69 Å². The Morgan fingerprint density at radius 1 is 1.17 bits per heavy atom. The summed E-state index contributed by atoms with van der Waals surface area (Å²) < 4.78 is 11.4. The average Bonchev–Trinajstić information content (AvgIpc) is 2.68. The average molecular weight is 399 g/mol. The maximum atomic E-state index is 12.2. The van der Waals surface area contributed by atoms with Gasteiger partial charge in [0.1, 0.15) is 17.2 Å². The number of ketones is 1. The lowest BCUT2D eigenvalue weighted by Gasteiger charge is -2.13. The molecule has 2 aromatic rings. The number of benzene rings is 2. The molecule has 0 unspecified atom stereocenters. The van der Waals surface area contributed by atoms with E-state index in [1.165, 1.54) is 6.21 Å². The summed E-state index contributed by atoms with van der Waals surface area (Å²) in [5.41, 5.74) is 7.88. The Morgan fingerprint density at radius 3 is 2.52 bits per heavy atom. The number of nitrogens with one attached hydrogen (secondary N) is 1. The van der Waals surface area contributed by atoms with Gasteiger partial charge < -0.3 is 25.7 Å². The van der Waals surface area contributed by atoms with Gasteiger partial charge in [0.25, 0.3) is 0 Å². The van der Waals surface area contributed by atoms with E-state index in [-0.39, 0.29) is 17.5 Å². The number of nitrogens with two attached hydrogens (primary N) is 1. The van der Waals surface area contributed by atoms with Gasteiger partial charge in [-0.3, -0.25) is 4.79 Å². The summed E-state index contributed by atoms with van der Waals surface area (Å²) in [4.78, 5) is 12.2. The molecule has 6 heteroatoms. The van der Waals surface area contributed by atoms with Crippen LogP contribution in [0.3, 0.4) is 0 Å². The fourth-order valence-electron chi connectivity index (χ4n) is 2.89. The highest BCUT2D eigenvalue weighted by atomic mass is 16.5. The number of phenolic OH excluding ortho intramolecular Hbond substituents is 1. The van der Waals surface area contributed by atoms with Crippen molar-refractivity contribution in [3.63, 3.8) is 0 Å². The number of Topliss-reactive ketones (excluding diaryl/α,β-unsaturated/α-hetero) is 1. The lowest BCUT2D eigenvalue weighted by Crippen LogP contribution is -2.06. The number of ether oxygens (including phenoxy) is 2. The van der Waals surface area contributed by atoms with Crippen molar-refractivity contribution >= 4 is 17.7 Å². The van der Waals surface area contributed by atoms with E-state index in [4.69, 9.17) is 20.6 Å². The zero-order valence-electron chi connectivity index (χ0n) is 17.3. The fraction of sp³-hybridized carbons (Fsp3) is 0.391. The molecule has 0 heterocycles. The van der Waals surface area contributed by atoms with Crippen molar-refractivity contribution in [1.29, 1.82) is 5.41 Å². The van der Waals surface area contributed by atoms with E-state index < -0.39 is 0 Å². The third-order valence-electron chi connectivity index (χ3n) is 4.55. The number of phenols is 1. The zero-order chi connectivity index (χ0) is 21.4. The summed E-state index contributed by atoms with van der Waals surface area (Å²) in [7, 11) is 0. The van der Waals surface area contributed by atoms with Gasteiger partial charge in [0, 0.05) is 29.4 Å². The SMILES string of the molecule is Cc1c(OCCCCOc2ccc(N)c(C=N)c2)ccc(C(=O)CC(C)C)c1O. The monoisotopic (exact) mass is 398 g/mol. The topological polar surface area (TPSA) is 106 Å². The normalized spacial score (nSPS) is 10.8. The van der Waals surface area contributed by atoms with Crippen molar-refractivity contribution in [2.75, 3.05) is 18.9 Å². The first-order valence-corrected chi connectivity index (χ1v) is 9.84. The Bertz CT molecular complexity index is 862. The van der Waals surface area contributed by atoms with Crippen LogP contribution < -0.4 is 15.2 Å². The zero-order valence-corrected chi connectivity index (χ0v) is 17.3. The molecule has 2 rings (SSSR count). The number of nitrogen functional groups attached to an aromatic ring is 1. The van der Waals surface area contributed by atoms with Gasteiger partial charge in [-0.15, -0.1) is 0 Å². The second-order valence-corrected chi connectivity index (χ2v) is 7.45. The minimum atomic E-state index is -0.0573. The Kier molecular flexibility index (Phi) is 8.07. The number of hydrogen-bond donors (Lipinski definition) is 3. The molecule has 0 bridgehead atoms. The van der Waals surface area contributed by atoms with Crippen LogP contribution in [0.5, 0.6) is 17.2 Å². The van der Waals surface area contributed by atoms with Crippen molar-refractivity contribution in [1.82, 2.24) is 0 Å². The maximum Gasteiger partial charge on any atom is 0.166 e. The maximum absolute atomic E-state index is 12.2. The van der Waals surface area contributed by atoms with Crippen molar-refractivity contribution in [2.45, 2.75) is 40.0 Å². The van der Waals surface area contributed by atoms with Gasteiger partial charge in [0.05, 0.1) is 18.8 Å². The van der Waals surface area contributed by atoms with E-state index in [9.17, 15) is 9.90 Å². The molecule has 6 nitrogen and oxygen atoms in total. The number of hydrogen-bond acceptors (Lipinski definition) is 6. The number of carbonyl (C=O) groups is 1. The number of rotatable bonds is 11. The fourth-order valence-corrected chi connectivity index (χ4v) is 2.89. The Morgan fingerprint density at radius 2 is 1.86 bits per heavy atom. The molecule has 4 N–H and O–H groups in total. The third-order valence-corrected chi connectivity index (χ3v) is 4.55. The van der Waals surface area contributed by atoms with E-state index in [1.807, 2.05) is 13.8 Å². The predicted octanol–water partition coefficient (Wildman–Crippen LogP) is 4.75. The lowest BCUT2D eigenvalue weighted by atomic mass is 9.98. The van der Waals surface area contributed by atoms with E-state index >= 15 is 0 Å². The third kappa shape index (κ3) is 6.24. The molecule has 0 amide bonds. The minimum absolute atomic E-state index is 0.00170. The lowest BCUT2D eigenvalue weighted by molar-refractivity contribution is 0.0965. The van der Waals surface area contributed by atoms with Crippen LogP contribution in [0.15, 0.2) is 30.3 Å². The van der Waals surface area contributed by atoms with Gasteiger partial charge in [-0.2, -0.15) is 0 Å². The number of unbranched alkanes of at least 4 members (excludes halogenated alkanes) is 1. The van der Waals surface area contributed by atoms with Crippen molar-refractivity contribution < 1.29 is 19.4 Å². The van der Waals surface area contributed by atoms with Gasteiger partial charge in [-0.25, -0.2) is 0 Å². The van der Waals surface area contributed by atoms with Crippen LogP contribution in [-0.4, -0.2) is 30.3 Å². The van der Waals surface area contributed by atoms with Gasteiger partial charge in [-0.1, -0.05) is 13.8 Å². The summed E-state index contributed by atoms with van der Waals surface area (Å²) in [5.74, 6) is 1.45. The van der Waals surface area contributed by atoms with E-state index in [2.05, 4.69) is 0 Å². The highest BCUT2D eigenvalue weighted by Gasteiger charge is 2.17. The van der Waals surface area contributed by atoms with Crippen molar-refractivity contribution in [3.05, 3.63) is 47.0 Å². The predicted molar refractivity (Wildman–Crippen MR) is 116 cm³/mol. The van der Waals surface area contributed by atoms with Crippen LogP contribution in [0, 0.1) is 18.3 Å². The molecular formula is C23H30N2O4. The highest BCUT2D eigenvalue weighted by Crippen LogP contribution is 2.32. The second-order valence-electron chi connectivity index (χ2n) is 7.45. The number of aromatic hydroxyl groups is 1. The summed E-state index contributed by atoms with van der Waals surface area (Å²) in [6.07, 6.45) is 3.18. The van der Waals surface area contributed by atoms with E-state index in [0.717, 1.165) is 12.8 Å². The Balaban J connectivity index is 1.80. The van der Waals surface area contributed by atoms with Crippen LogP contribution >= 0.6 is 0 Å². The molecule has 0 saturated carbocycles. The number of anilines is 1. The quantitative estimate of drug-likeness (QED) is 0.219. The molecule has 0 fully saturated rings. The standard InChI is InChI=1S/C23H30N2O4/c1-15(2)12-21(26)19-7-9-22(16(3)23(19)27)29-11-5-4-10-28-18-6-8-20(25)17(13-18)14-24/h6-9,13-15,24,27H,4-5,10-12,25H2,1-3H3. The van der Waals surface area contributed by atoms with E-state index in [1.54, 1.807) is 37.3 Å². The minimum Gasteiger partial charge on any atom is -0.507 e. The highest BCUT2D eigenvalue weighted by molar-refractivity contribution is 5.99. The van der Waals surface area contributed by atoms with Crippen molar-refractivity contribution in [3.8, 4) is 17.2 Å². The molecule has 0 atom stereocenters. The molecule has 0 saturated heterocycles. The second kappa shape index (κ2) is 10.5. The molecule has 0 aliphatic carbocycles. The summed E-state index contributed by atoms with van der Waals surface area (Å²) in [5, 5.41) is 17.7. The van der Waals surface area contributed by atoms with E-state index in [0.29, 0.717) is 53.5 Å². The Labute approximate surface area is 172 Å². The largest absolute Gasteiger partial charge is 0.507 e. The molecule has 2 aromatic carbocycles.